The minimum atomic E-state index is -0.621. The number of rotatable bonds is 9. The molecule has 6 heteroatoms. The molecule has 1 heterocycles. The summed E-state index contributed by atoms with van der Waals surface area (Å²) in [7, 11) is 0. The monoisotopic (exact) mass is 414 g/mol. The van der Waals surface area contributed by atoms with Crippen molar-refractivity contribution < 1.29 is 19.8 Å². The normalized spacial score (nSPS) is 12.2. The van der Waals surface area contributed by atoms with Gasteiger partial charge in [-0.05, 0) is 64.7 Å². The Balaban J connectivity index is 2.52. The number of aliphatic hydroxyl groups excluding tert-OH is 1. The lowest BCUT2D eigenvalue weighted by Crippen LogP contribution is -2.28. The average Bonchev–Trinajstić information content (AvgIpc) is 2.95. The van der Waals surface area contributed by atoms with E-state index in [-0.39, 0.29) is 6.61 Å². The number of allylic oxidation sites excluding steroid dienone is 1. The summed E-state index contributed by atoms with van der Waals surface area (Å²) in [5.74, 6) is 0. The second-order valence-electron chi connectivity index (χ2n) is 8.56. The standard InChI is InChI=1S/C24H34N2O4/c1-18(2)17-25(29)15-14-20-19-11-8-9-13-21(19)26(23(28)30-24(3,4)5)22(20)12-7-6-10-16-27/h7-9,11-13,27,29H,1,6,10,14-17H2,2-5H3/b12-7-. The zero-order valence-electron chi connectivity index (χ0n) is 18.5. The van der Waals surface area contributed by atoms with Gasteiger partial charge in [-0.3, -0.25) is 0 Å². The number of fused-ring (bicyclic) bond motifs is 1. The quantitative estimate of drug-likeness (QED) is 0.342. The van der Waals surface area contributed by atoms with Crippen molar-refractivity contribution in [1.29, 1.82) is 0 Å². The molecule has 0 unspecified atom stereocenters. The number of benzene rings is 1. The van der Waals surface area contributed by atoms with Crippen LogP contribution in [0.25, 0.3) is 17.0 Å². The minimum Gasteiger partial charge on any atom is -0.443 e. The topological polar surface area (TPSA) is 74.9 Å². The second-order valence-corrected chi connectivity index (χ2v) is 8.56. The van der Waals surface area contributed by atoms with E-state index in [0.717, 1.165) is 27.7 Å². The molecule has 0 amide bonds. The first kappa shape index (κ1) is 23.9. The molecule has 0 atom stereocenters. The van der Waals surface area contributed by atoms with Gasteiger partial charge in [0.1, 0.15) is 5.60 Å². The Morgan fingerprint density at radius 3 is 2.63 bits per heavy atom. The van der Waals surface area contributed by atoms with Gasteiger partial charge in [-0.25, -0.2) is 9.36 Å². The lowest BCUT2D eigenvalue weighted by Gasteiger charge is -2.20. The highest BCUT2D eigenvalue weighted by atomic mass is 16.6. The SMILES string of the molecule is C=C(C)CN(O)CCc1c(/C=C\CCCO)n(C(=O)OC(C)(C)C)c2ccccc12. The maximum Gasteiger partial charge on any atom is 0.419 e. The molecule has 30 heavy (non-hydrogen) atoms. The first-order chi connectivity index (χ1) is 14.1. The number of aliphatic hydroxyl groups is 1. The molecule has 0 aliphatic rings. The third kappa shape index (κ3) is 6.55. The number of para-hydroxylation sites is 1. The van der Waals surface area contributed by atoms with Crippen molar-refractivity contribution in [3.63, 3.8) is 0 Å². The molecule has 2 aromatic rings. The van der Waals surface area contributed by atoms with Crippen molar-refractivity contribution in [3.8, 4) is 0 Å². The van der Waals surface area contributed by atoms with E-state index in [4.69, 9.17) is 9.84 Å². The molecule has 2 rings (SSSR count). The maximum atomic E-state index is 13.1. The van der Waals surface area contributed by atoms with Crippen LogP contribution in [0.5, 0.6) is 0 Å². The summed E-state index contributed by atoms with van der Waals surface area (Å²) in [5, 5.41) is 21.4. The van der Waals surface area contributed by atoms with E-state index in [1.807, 2.05) is 64.1 Å². The van der Waals surface area contributed by atoms with Crippen molar-refractivity contribution in [2.75, 3.05) is 19.7 Å². The molecule has 2 N–H and O–H groups in total. The number of carbonyl (C=O) groups is 1. The van der Waals surface area contributed by atoms with Crippen molar-refractivity contribution in [2.24, 2.45) is 0 Å². The number of unbranched alkanes of at least 4 members (excludes halogenated alkanes) is 1. The molecular formula is C24H34N2O4. The van der Waals surface area contributed by atoms with Gasteiger partial charge in [0.2, 0.25) is 0 Å². The summed E-state index contributed by atoms with van der Waals surface area (Å²) in [6.07, 6.45) is 5.35. The van der Waals surface area contributed by atoms with Crippen molar-refractivity contribution in [1.82, 2.24) is 9.63 Å². The van der Waals surface area contributed by atoms with E-state index in [1.54, 1.807) is 4.57 Å². The van der Waals surface area contributed by atoms with Crippen LogP contribution in [0.2, 0.25) is 0 Å². The van der Waals surface area contributed by atoms with Gasteiger partial charge in [-0.1, -0.05) is 36.4 Å². The molecule has 164 valence electrons. The fraction of sp³-hybridized carbons (Fsp3) is 0.458. The number of aromatic nitrogens is 1. The van der Waals surface area contributed by atoms with Crippen LogP contribution in [-0.4, -0.2) is 51.3 Å². The van der Waals surface area contributed by atoms with E-state index in [9.17, 15) is 10.0 Å². The van der Waals surface area contributed by atoms with Crippen LogP contribution in [0.4, 0.5) is 4.79 Å². The van der Waals surface area contributed by atoms with Gasteiger partial charge in [0, 0.05) is 25.1 Å². The molecular weight excluding hydrogens is 380 g/mol. The summed E-state index contributed by atoms with van der Waals surface area (Å²) < 4.78 is 7.27. The molecule has 6 nitrogen and oxygen atoms in total. The van der Waals surface area contributed by atoms with Crippen LogP contribution < -0.4 is 0 Å². The Bertz CT molecular complexity index is 906. The van der Waals surface area contributed by atoms with Crippen molar-refractivity contribution in [3.05, 3.63) is 53.8 Å². The first-order valence-electron chi connectivity index (χ1n) is 10.4. The summed E-state index contributed by atoms with van der Waals surface area (Å²) in [5.41, 5.74) is 2.74. The Kier molecular flexibility index (Phi) is 8.41. The van der Waals surface area contributed by atoms with Crippen LogP contribution in [0, 0.1) is 0 Å². The van der Waals surface area contributed by atoms with Gasteiger partial charge in [0.15, 0.2) is 0 Å². The molecule has 0 aliphatic heterocycles. The first-order valence-corrected chi connectivity index (χ1v) is 10.4. The van der Waals surface area contributed by atoms with Gasteiger partial charge in [0.25, 0.3) is 0 Å². The van der Waals surface area contributed by atoms with Gasteiger partial charge >= 0.3 is 6.09 Å². The highest BCUT2D eigenvalue weighted by molar-refractivity contribution is 5.96. The van der Waals surface area contributed by atoms with Gasteiger partial charge in [-0.15, -0.1) is 0 Å². The zero-order chi connectivity index (χ0) is 22.3. The Morgan fingerprint density at radius 1 is 1.30 bits per heavy atom. The molecule has 0 fully saturated rings. The van der Waals surface area contributed by atoms with Crippen LogP contribution in [-0.2, 0) is 11.2 Å². The van der Waals surface area contributed by atoms with E-state index in [0.29, 0.717) is 32.4 Å². The van der Waals surface area contributed by atoms with Crippen LogP contribution >= 0.6 is 0 Å². The predicted molar refractivity (Wildman–Crippen MR) is 121 cm³/mol. The number of nitrogens with zero attached hydrogens (tertiary/aromatic N) is 2. The summed E-state index contributed by atoms with van der Waals surface area (Å²) in [6.45, 7) is 12.2. The number of hydroxylamine groups is 2. The van der Waals surface area contributed by atoms with E-state index in [2.05, 4.69) is 6.58 Å². The van der Waals surface area contributed by atoms with E-state index >= 15 is 0 Å². The molecule has 1 aromatic carbocycles. The lowest BCUT2D eigenvalue weighted by molar-refractivity contribution is -0.0810. The Morgan fingerprint density at radius 2 is 2.00 bits per heavy atom. The van der Waals surface area contributed by atoms with Crippen molar-refractivity contribution >= 4 is 23.1 Å². The fourth-order valence-corrected chi connectivity index (χ4v) is 3.30. The van der Waals surface area contributed by atoms with Gasteiger partial charge in [0.05, 0.1) is 11.2 Å². The largest absolute Gasteiger partial charge is 0.443 e. The summed E-state index contributed by atoms with van der Waals surface area (Å²) in [4.78, 5) is 13.1. The van der Waals surface area contributed by atoms with Crippen LogP contribution in [0.15, 0.2) is 42.5 Å². The number of hydrogen-bond acceptors (Lipinski definition) is 5. The third-order valence-electron chi connectivity index (χ3n) is 4.47. The second kappa shape index (κ2) is 10.6. The van der Waals surface area contributed by atoms with Gasteiger partial charge < -0.3 is 15.1 Å². The summed E-state index contributed by atoms with van der Waals surface area (Å²) >= 11 is 0. The molecule has 0 spiro atoms. The van der Waals surface area contributed by atoms with Crippen LogP contribution in [0.3, 0.4) is 0 Å². The van der Waals surface area contributed by atoms with E-state index < -0.39 is 11.7 Å². The number of carbonyl (C=O) groups excluding carboxylic acids is 1. The fourth-order valence-electron chi connectivity index (χ4n) is 3.30. The molecule has 0 bridgehead atoms. The molecule has 0 aliphatic carbocycles. The third-order valence-corrected chi connectivity index (χ3v) is 4.47. The molecule has 0 radical (unpaired) electrons. The predicted octanol–water partition coefficient (Wildman–Crippen LogP) is 5.02. The van der Waals surface area contributed by atoms with Crippen LogP contribution in [0.1, 0.15) is 51.8 Å². The minimum absolute atomic E-state index is 0.118. The lowest BCUT2D eigenvalue weighted by atomic mass is 10.1. The number of ether oxygens (including phenoxy) is 1. The maximum absolute atomic E-state index is 13.1. The van der Waals surface area contributed by atoms with E-state index in [1.165, 1.54) is 5.06 Å². The zero-order valence-corrected chi connectivity index (χ0v) is 18.5. The highest BCUT2D eigenvalue weighted by Crippen LogP contribution is 2.29. The molecule has 0 saturated carbocycles. The van der Waals surface area contributed by atoms with Crippen molar-refractivity contribution in [2.45, 2.75) is 52.6 Å². The number of hydrogen-bond donors (Lipinski definition) is 2. The molecule has 0 saturated heterocycles. The summed E-state index contributed by atoms with van der Waals surface area (Å²) in [6, 6.07) is 7.72. The van der Waals surface area contributed by atoms with Gasteiger partial charge in [-0.2, -0.15) is 5.06 Å². The average molecular weight is 415 g/mol. The Labute approximate surface area is 179 Å². The smallest absolute Gasteiger partial charge is 0.419 e. The molecule has 1 aromatic heterocycles. The Hall–Kier alpha value is -2.41. The highest BCUT2D eigenvalue weighted by Gasteiger charge is 2.24.